The summed E-state index contributed by atoms with van der Waals surface area (Å²) in [6.45, 7) is -0.158. The van der Waals surface area contributed by atoms with Crippen LogP contribution in [0, 0.1) is 5.82 Å². The number of hydrogen-bond donors (Lipinski definition) is 1. The monoisotopic (exact) mass is 573 g/mol. The Bertz CT molecular complexity index is 1690. The smallest absolute Gasteiger partial charge is 0.243 e. The molecule has 37 heavy (non-hydrogen) atoms. The second-order valence-electron chi connectivity index (χ2n) is 7.90. The van der Waals surface area contributed by atoms with Gasteiger partial charge in [0.15, 0.2) is 11.0 Å². The quantitative estimate of drug-likeness (QED) is 0.228. The number of nitrogens with one attached hydrogen (secondary N) is 1. The third kappa shape index (κ3) is 5.63. The number of sulfonamides is 1. The maximum Gasteiger partial charge on any atom is 0.243 e. The van der Waals surface area contributed by atoms with Crippen molar-refractivity contribution in [2.45, 2.75) is 22.3 Å². The highest BCUT2D eigenvalue weighted by Gasteiger charge is 2.22. The number of rotatable bonds is 8. The average Bonchev–Trinajstić information content (AvgIpc) is 3.29. The molecule has 0 bridgehead atoms. The van der Waals surface area contributed by atoms with Crippen LogP contribution in [0.25, 0.3) is 16.6 Å². The number of benzene rings is 3. The number of para-hydroxylation sites is 1. The minimum Gasteiger partial charge on any atom is -0.271 e. The highest BCUT2D eigenvalue weighted by atomic mass is 35.5. The van der Waals surface area contributed by atoms with Crippen molar-refractivity contribution in [3.8, 4) is 5.69 Å². The maximum atomic E-state index is 13.3. The fourth-order valence-electron chi connectivity index (χ4n) is 3.67. The topological polar surface area (TPSA) is 89.8 Å². The molecule has 5 rings (SSSR count). The number of nitrogens with zero attached hydrogens (tertiary/aromatic N) is 4. The highest BCUT2D eigenvalue weighted by Crippen LogP contribution is 2.31. The number of aromatic nitrogens is 4. The zero-order valence-electron chi connectivity index (χ0n) is 19.0. The molecule has 1 N–H and O–H groups in total. The van der Waals surface area contributed by atoms with Crippen LogP contribution in [0.1, 0.15) is 11.4 Å². The van der Waals surface area contributed by atoms with Crippen LogP contribution in [-0.4, -0.2) is 28.2 Å². The molecule has 188 valence electrons. The molecule has 0 atom stereocenters. The van der Waals surface area contributed by atoms with E-state index in [-0.39, 0.29) is 17.3 Å². The van der Waals surface area contributed by atoms with Gasteiger partial charge in [0.25, 0.3) is 0 Å². The van der Waals surface area contributed by atoms with Gasteiger partial charge < -0.3 is 0 Å². The van der Waals surface area contributed by atoms with Crippen LogP contribution in [0.5, 0.6) is 0 Å². The molecule has 0 saturated carbocycles. The van der Waals surface area contributed by atoms with E-state index in [2.05, 4.69) is 19.9 Å². The van der Waals surface area contributed by atoms with Gasteiger partial charge >= 0.3 is 0 Å². The Balaban J connectivity index is 1.47. The van der Waals surface area contributed by atoms with Gasteiger partial charge in [0, 0.05) is 22.4 Å². The number of hydrogen-bond acceptors (Lipinski definition) is 6. The Labute approximate surface area is 226 Å². The summed E-state index contributed by atoms with van der Waals surface area (Å²) in [4.78, 5) is 4.30. The molecule has 2 heterocycles. The van der Waals surface area contributed by atoms with Crippen LogP contribution in [0.3, 0.4) is 0 Å². The van der Waals surface area contributed by atoms with Crippen molar-refractivity contribution in [2.24, 2.45) is 0 Å². The van der Waals surface area contributed by atoms with Crippen molar-refractivity contribution < 1.29 is 12.8 Å². The minimum absolute atomic E-state index is 0.0621. The van der Waals surface area contributed by atoms with Gasteiger partial charge in [-0.05, 0) is 48.0 Å². The van der Waals surface area contributed by atoms with Gasteiger partial charge in [-0.3, -0.25) is 9.55 Å². The van der Waals surface area contributed by atoms with Crippen LogP contribution < -0.4 is 4.72 Å². The SMILES string of the molecule is O=S(=O)(NCc1nnc(SCc2ccc(F)cc2)n1-c1ccc(Cl)cc1Cl)c1cccc2cccnc12. The molecule has 5 aromatic rings. The van der Waals surface area contributed by atoms with Gasteiger partial charge in [0.1, 0.15) is 10.7 Å². The van der Waals surface area contributed by atoms with Crippen molar-refractivity contribution in [3.05, 3.63) is 106 Å². The second kappa shape index (κ2) is 10.8. The van der Waals surface area contributed by atoms with E-state index in [1.54, 1.807) is 65.4 Å². The Morgan fingerprint density at radius 1 is 0.973 bits per heavy atom. The van der Waals surface area contributed by atoms with E-state index in [9.17, 15) is 12.8 Å². The lowest BCUT2D eigenvalue weighted by Crippen LogP contribution is -2.25. The minimum atomic E-state index is -3.94. The summed E-state index contributed by atoms with van der Waals surface area (Å²) in [6.07, 6.45) is 1.55. The number of halogens is 3. The molecule has 0 aliphatic heterocycles. The van der Waals surface area contributed by atoms with E-state index in [0.717, 1.165) is 5.56 Å². The van der Waals surface area contributed by atoms with E-state index in [1.807, 2.05) is 0 Å². The lowest BCUT2D eigenvalue weighted by molar-refractivity contribution is 0.579. The third-order valence-corrected chi connectivity index (χ3v) is 8.41. The molecule has 2 aromatic heterocycles. The van der Waals surface area contributed by atoms with Gasteiger partial charge in [-0.15, -0.1) is 10.2 Å². The number of fused-ring (bicyclic) bond motifs is 1. The van der Waals surface area contributed by atoms with Crippen molar-refractivity contribution in [2.75, 3.05) is 0 Å². The van der Waals surface area contributed by atoms with Gasteiger partial charge in [0.2, 0.25) is 10.0 Å². The van der Waals surface area contributed by atoms with Crippen molar-refractivity contribution in [3.63, 3.8) is 0 Å². The zero-order valence-corrected chi connectivity index (χ0v) is 22.1. The molecule has 0 spiro atoms. The molecule has 0 amide bonds. The predicted molar refractivity (Wildman–Crippen MR) is 143 cm³/mol. The van der Waals surface area contributed by atoms with Crippen LogP contribution in [0.2, 0.25) is 10.0 Å². The summed E-state index contributed by atoms with van der Waals surface area (Å²) in [7, 11) is -3.94. The summed E-state index contributed by atoms with van der Waals surface area (Å²) in [5.41, 5.74) is 1.79. The van der Waals surface area contributed by atoms with E-state index < -0.39 is 10.0 Å². The Hall–Kier alpha value is -3.02. The Morgan fingerprint density at radius 3 is 2.54 bits per heavy atom. The molecule has 0 fully saturated rings. The van der Waals surface area contributed by atoms with E-state index in [4.69, 9.17) is 23.2 Å². The zero-order chi connectivity index (χ0) is 26.0. The fraction of sp³-hybridized carbons (Fsp3) is 0.0800. The van der Waals surface area contributed by atoms with Crippen LogP contribution >= 0.6 is 35.0 Å². The summed E-state index contributed by atoms with van der Waals surface area (Å²) < 4.78 is 44.0. The Kier molecular flexibility index (Phi) is 7.45. The summed E-state index contributed by atoms with van der Waals surface area (Å²) in [6, 6.07) is 19.6. The first-order chi connectivity index (χ1) is 17.8. The first-order valence-electron chi connectivity index (χ1n) is 10.9. The standard InChI is InChI=1S/C25H18Cl2FN5O2S2/c26-18-8-11-21(20(27)13-18)33-23(31-32-25(33)36-15-16-6-9-19(28)10-7-16)14-30-37(34,35)22-5-1-3-17-4-2-12-29-24(17)22/h1-13,30H,14-15H2. The van der Waals surface area contributed by atoms with Crippen molar-refractivity contribution in [1.82, 2.24) is 24.5 Å². The van der Waals surface area contributed by atoms with Gasteiger partial charge in [-0.1, -0.05) is 65.3 Å². The lowest BCUT2D eigenvalue weighted by atomic mass is 10.2. The first kappa shape index (κ1) is 25.6. The second-order valence-corrected chi connectivity index (χ2v) is 11.4. The highest BCUT2D eigenvalue weighted by molar-refractivity contribution is 7.98. The van der Waals surface area contributed by atoms with Crippen molar-refractivity contribution >= 4 is 55.9 Å². The first-order valence-corrected chi connectivity index (χ1v) is 14.1. The predicted octanol–water partition coefficient (Wildman–Crippen LogP) is 6.03. The Morgan fingerprint density at radius 2 is 1.76 bits per heavy atom. The summed E-state index contributed by atoms with van der Waals surface area (Å²) >= 11 is 13.9. The molecular weight excluding hydrogens is 556 g/mol. The van der Waals surface area contributed by atoms with Crippen LogP contribution in [0.15, 0.2) is 89.0 Å². The van der Waals surface area contributed by atoms with E-state index >= 15 is 0 Å². The number of pyridine rings is 1. The van der Waals surface area contributed by atoms with Crippen LogP contribution in [0.4, 0.5) is 4.39 Å². The van der Waals surface area contributed by atoms with Gasteiger partial charge in [-0.2, -0.15) is 0 Å². The molecule has 0 aliphatic carbocycles. The molecule has 0 saturated heterocycles. The van der Waals surface area contributed by atoms with E-state index in [0.29, 0.717) is 43.4 Å². The molecule has 7 nitrogen and oxygen atoms in total. The third-order valence-electron chi connectivity index (χ3n) is 5.44. The number of thioether (sulfide) groups is 1. The molecule has 0 aliphatic rings. The lowest BCUT2D eigenvalue weighted by Gasteiger charge is -2.13. The normalized spacial score (nSPS) is 11.8. The molecule has 3 aromatic carbocycles. The largest absolute Gasteiger partial charge is 0.271 e. The summed E-state index contributed by atoms with van der Waals surface area (Å²) in [5.74, 6) is 0.486. The molecule has 0 radical (unpaired) electrons. The molecule has 12 heteroatoms. The fourth-order valence-corrected chi connectivity index (χ4v) is 6.24. The van der Waals surface area contributed by atoms with Crippen molar-refractivity contribution in [1.29, 1.82) is 0 Å². The van der Waals surface area contributed by atoms with E-state index in [1.165, 1.54) is 30.0 Å². The molecule has 0 unspecified atom stereocenters. The summed E-state index contributed by atoms with van der Waals surface area (Å²) in [5, 5.41) is 10.5. The van der Waals surface area contributed by atoms with Gasteiger partial charge in [0.05, 0.1) is 22.8 Å². The average molecular weight is 574 g/mol. The molecular formula is C25H18Cl2FN5O2S2. The van der Waals surface area contributed by atoms with Crippen LogP contribution in [-0.2, 0) is 22.3 Å². The van der Waals surface area contributed by atoms with Gasteiger partial charge in [-0.25, -0.2) is 17.5 Å². The maximum absolute atomic E-state index is 13.3.